The van der Waals surface area contributed by atoms with E-state index in [2.05, 4.69) is 35.4 Å². The van der Waals surface area contributed by atoms with Crippen LogP contribution in [0, 0.1) is 44.3 Å². The molecule has 302 valence electrons. The van der Waals surface area contributed by atoms with Gasteiger partial charge in [-0.25, -0.2) is 13.2 Å². The lowest BCUT2D eigenvalue weighted by molar-refractivity contribution is -0.146. The number of carbonyl (C=O) groups is 5. The van der Waals surface area contributed by atoms with Crippen LogP contribution in [-0.4, -0.2) is 110 Å². The standard InChI is InChI=1S/C41H65N5O7S/c1-11-26-22-39(26,34(50)43-54(52,53)27-13-14-27)24-31(48)29-23-41(38(8,9)40(41)15-12-16-40)25-46(29)33(49)28(36(2,3)4)21-30(47)32(37(5,6)7)42-35(51)45-19-17-44(10)18-20-45/h11,26-29,32H,1,12-25H2,2-10H3,(H,42,51)(H,43,50)/t26-,28-,29+,32-,39-,41-/m1/s1. The lowest BCUT2D eigenvalue weighted by Gasteiger charge is -2.38. The van der Waals surface area contributed by atoms with Crippen molar-refractivity contribution in [1.29, 1.82) is 0 Å². The monoisotopic (exact) mass is 771 g/mol. The molecule has 0 radical (unpaired) electrons. The summed E-state index contributed by atoms with van der Waals surface area (Å²) in [5.74, 6) is -2.51. The molecule has 54 heavy (non-hydrogen) atoms. The molecule has 0 unspecified atom stereocenters. The molecule has 2 N–H and O–H groups in total. The van der Waals surface area contributed by atoms with Crippen LogP contribution in [0.15, 0.2) is 12.7 Å². The number of nitrogens with one attached hydrogen (secondary N) is 2. The maximum Gasteiger partial charge on any atom is 0.318 e. The summed E-state index contributed by atoms with van der Waals surface area (Å²) < 4.78 is 27.9. The minimum absolute atomic E-state index is 0.0299. The molecule has 0 aromatic carbocycles. The van der Waals surface area contributed by atoms with Crippen LogP contribution in [0.1, 0.15) is 113 Å². The minimum Gasteiger partial charge on any atom is -0.332 e. The van der Waals surface area contributed by atoms with E-state index in [1.165, 1.54) is 0 Å². The van der Waals surface area contributed by atoms with Crippen LogP contribution in [0.4, 0.5) is 4.79 Å². The fourth-order valence-electron chi connectivity index (χ4n) is 10.7. The number of piperazine rings is 1. The summed E-state index contributed by atoms with van der Waals surface area (Å²) in [5, 5.41) is 2.44. The van der Waals surface area contributed by atoms with Gasteiger partial charge in [-0.05, 0) is 73.2 Å². The van der Waals surface area contributed by atoms with Gasteiger partial charge in [-0.2, -0.15) is 0 Å². The van der Waals surface area contributed by atoms with Crippen molar-refractivity contribution in [3.63, 3.8) is 0 Å². The van der Waals surface area contributed by atoms with Crippen molar-refractivity contribution in [1.82, 2.24) is 24.7 Å². The number of rotatable bonds is 12. The number of allylic oxidation sites excluding steroid dienone is 1. The fraction of sp³-hybridized carbons (Fsp3) is 0.829. The Labute approximate surface area is 323 Å². The highest BCUT2D eigenvalue weighted by Crippen LogP contribution is 2.88. The van der Waals surface area contributed by atoms with Gasteiger partial charge in [-0.3, -0.25) is 23.9 Å². The smallest absolute Gasteiger partial charge is 0.318 e. The van der Waals surface area contributed by atoms with Crippen LogP contribution < -0.4 is 10.0 Å². The first kappa shape index (κ1) is 40.9. The van der Waals surface area contributed by atoms with Crippen molar-refractivity contribution in [2.24, 2.45) is 44.3 Å². The Bertz CT molecular complexity index is 1700. The largest absolute Gasteiger partial charge is 0.332 e. The summed E-state index contributed by atoms with van der Waals surface area (Å²) in [5.41, 5.74) is -2.83. The molecule has 0 aromatic heterocycles. The molecule has 12 nitrogen and oxygen atoms in total. The molecule has 2 aliphatic heterocycles. The highest BCUT2D eigenvalue weighted by atomic mass is 32.2. The Morgan fingerprint density at radius 3 is 1.98 bits per heavy atom. The van der Waals surface area contributed by atoms with Crippen molar-refractivity contribution >= 4 is 39.4 Å². The second-order valence-corrected chi connectivity index (χ2v) is 22.4. The molecule has 4 saturated carbocycles. The Hall–Kier alpha value is -2.80. The van der Waals surface area contributed by atoms with Gasteiger partial charge in [-0.1, -0.05) is 67.9 Å². The molecule has 13 heteroatoms. The van der Waals surface area contributed by atoms with Crippen LogP contribution >= 0.6 is 0 Å². The molecule has 2 spiro atoms. The first-order valence-electron chi connectivity index (χ1n) is 20.2. The van der Waals surface area contributed by atoms with Crippen LogP contribution in [0.25, 0.3) is 0 Å². The first-order valence-corrected chi connectivity index (χ1v) is 21.7. The second-order valence-electron chi connectivity index (χ2n) is 20.5. The first-order chi connectivity index (χ1) is 24.9. The van der Waals surface area contributed by atoms with Crippen molar-refractivity contribution in [2.45, 2.75) is 131 Å². The number of urea groups is 1. The summed E-state index contributed by atoms with van der Waals surface area (Å²) in [6.45, 7) is 22.9. The summed E-state index contributed by atoms with van der Waals surface area (Å²) in [4.78, 5) is 76.9. The van der Waals surface area contributed by atoms with E-state index in [0.29, 0.717) is 45.3 Å². The number of sulfonamides is 1. The van der Waals surface area contributed by atoms with Gasteiger partial charge in [0.15, 0.2) is 11.6 Å². The number of likely N-dealkylation sites (N-methyl/N-ethyl adjacent to an activating group) is 1. The van der Waals surface area contributed by atoms with Gasteiger partial charge >= 0.3 is 6.03 Å². The molecule has 6 rings (SSSR count). The summed E-state index contributed by atoms with van der Waals surface area (Å²) in [7, 11) is -1.81. The molecule has 6 fully saturated rings. The van der Waals surface area contributed by atoms with E-state index in [1.807, 2.05) is 48.6 Å². The van der Waals surface area contributed by atoms with E-state index in [4.69, 9.17) is 0 Å². The van der Waals surface area contributed by atoms with Crippen LogP contribution in [0.2, 0.25) is 0 Å². The summed E-state index contributed by atoms with van der Waals surface area (Å²) in [6.07, 6.45) is 6.34. The number of ketones is 2. The van der Waals surface area contributed by atoms with Gasteiger partial charge in [0.1, 0.15) is 0 Å². The number of hydrogen-bond acceptors (Lipinski definition) is 8. The Morgan fingerprint density at radius 1 is 0.907 bits per heavy atom. The normalized spacial score (nSPS) is 31.4. The van der Waals surface area contributed by atoms with Crippen LogP contribution in [0.5, 0.6) is 0 Å². The number of carbonyl (C=O) groups excluding carboxylic acids is 5. The molecule has 2 heterocycles. The SMILES string of the molecule is C=C[C@@H]1C[C@]1(CC(=O)[C@@H]1C[C@@]2(CN1C(=O)[C@@H](CC(=O)[C@@H](NC(=O)N1CCN(C)CC1)C(C)(C)C)C(C)(C)C)C(C)(C)C21CCC1)C(=O)NS(=O)(=O)C1CC1. The maximum atomic E-state index is 15.1. The topological polar surface area (TPSA) is 153 Å². The number of amides is 4. The second kappa shape index (κ2) is 13.4. The van der Waals surface area contributed by atoms with E-state index in [0.717, 1.165) is 32.4 Å². The molecule has 6 atom stereocenters. The van der Waals surface area contributed by atoms with Crippen LogP contribution in [0.3, 0.4) is 0 Å². The highest BCUT2D eigenvalue weighted by Gasteiger charge is 2.85. The third-order valence-electron chi connectivity index (χ3n) is 15.0. The predicted molar refractivity (Wildman–Crippen MR) is 206 cm³/mol. The number of fused-ring (bicyclic) bond motifs is 1. The fourth-order valence-corrected chi connectivity index (χ4v) is 12.1. The molecule has 4 aliphatic carbocycles. The zero-order valence-corrected chi connectivity index (χ0v) is 35.0. The van der Waals surface area contributed by atoms with E-state index < -0.39 is 55.4 Å². The average molecular weight is 772 g/mol. The van der Waals surface area contributed by atoms with E-state index in [-0.39, 0.29) is 58.5 Å². The van der Waals surface area contributed by atoms with Gasteiger partial charge in [0.05, 0.1) is 22.7 Å². The number of Topliss-reactive ketones (excluding diaryl/α,β-unsaturated/α-hetero) is 2. The van der Waals surface area contributed by atoms with Crippen molar-refractivity contribution in [3.8, 4) is 0 Å². The van der Waals surface area contributed by atoms with Gasteiger partial charge in [0.2, 0.25) is 21.8 Å². The molecule has 0 aromatic rings. The molecule has 6 aliphatic rings. The van der Waals surface area contributed by atoms with Gasteiger partial charge in [0, 0.05) is 56.9 Å². The number of hydrogen-bond donors (Lipinski definition) is 2. The molecular weight excluding hydrogens is 707 g/mol. The average Bonchev–Trinajstić information content (AvgIpc) is 3.99. The zero-order valence-electron chi connectivity index (χ0n) is 34.2. The molecule has 2 saturated heterocycles. The van der Waals surface area contributed by atoms with Crippen molar-refractivity contribution in [2.75, 3.05) is 39.8 Å². The molecular formula is C41H65N5O7S. The quantitative estimate of drug-likeness (QED) is 0.275. The van der Waals surface area contributed by atoms with Gasteiger partial charge < -0.3 is 20.0 Å². The van der Waals surface area contributed by atoms with Crippen molar-refractivity contribution < 1.29 is 32.4 Å². The Kier molecular flexibility index (Phi) is 10.1. The summed E-state index contributed by atoms with van der Waals surface area (Å²) in [6, 6.07) is -1.92. The lowest BCUT2D eigenvalue weighted by atomic mass is 9.73. The van der Waals surface area contributed by atoms with E-state index in [1.54, 1.807) is 15.9 Å². The lowest BCUT2D eigenvalue weighted by Crippen LogP contribution is -2.57. The van der Waals surface area contributed by atoms with E-state index >= 15 is 4.79 Å². The predicted octanol–water partition coefficient (Wildman–Crippen LogP) is 4.54. The van der Waals surface area contributed by atoms with Crippen LogP contribution in [-0.2, 0) is 29.2 Å². The number of likely N-dealkylation sites (tertiary alicyclic amines) is 1. The Balaban J connectivity index is 1.26. The third-order valence-corrected chi connectivity index (χ3v) is 16.8. The minimum atomic E-state index is -3.82. The Morgan fingerprint density at radius 2 is 1.52 bits per heavy atom. The van der Waals surface area contributed by atoms with Gasteiger partial charge in [0.25, 0.3) is 0 Å². The summed E-state index contributed by atoms with van der Waals surface area (Å²) >= 11 is 0. The zero-order chi connectivity index (χ0) is 40.0. The van der Waals surface area contributed by atoms with Gasteiger partial charge in [-0.15, -0.1) is 6.58 Å². The number of nitrogens with zero attached hydrogens (tertiary/aromatic N) is 3. The highest BCUT2D eigenvalue weighted by molar-refractivity contribution is 7.90. The molecule has 4 amide bonds. The van der Waals surface area contributed by atoms with Crippen molar-refractivity contribution in [3.05, 3.63) is 12.7 Å². The van der Waals surface area contributed by atoms with E-state index in [9.17, 15) is 27.6 Å². The maximum absolute atomic E-state index is 15.1. The third kappa shape index (κ3) is 6.74. The molecule has 0 bridgehead atoms.